The smallest absolute Gasteiger partial charge is 0.308 e. The third kappa shape index (κ3) is 15.3. The van der Waals surface area contributed by atoms with E-state index in [4.69, 9.17) is 9.47 Å². The van der Waals surface area contributed by atoms with Crippen LogP contribution in [-0.2, 0) is 19.1 Å². The van der Waals surface area contributed by atoms with Gasteiger partial charge >= 0.3 is 11.9 Å². The lowest BCUT2D eigenvalue weighted by molar-refractivity contribution is -0.155. The molecule has 1 saturated carbocycles. The van der Waals surface area contributed by atoms with Crippen molar-refractivity contribution in [3.05, 3.63) is 0 Å². The highest BCUT2D eigenvalue weighted by Crippen LogP contribution is 2.31. The van der Waals surface area contributed by atoms with Crippen LogP contribution in [0.4, 0.5) is 0 Å². The third-order valence-corrected chi connectivity index (χ3v) is 8.75. The summed E-state index contributed by atoms with van der Waals surface area (Å²) in [7, 11) is 0. The quantitative estimate of drug-likeness (QED) is 0.121. The summed E-state index contributed by atoms with van der Waals surface area (Å²) in [6, 6.07) is 0. The number of ether oxygens (including phenoxy) is 2. The van der Waals surface area contributed by atoms with E-state index in [1.165, 1.54) is 51.4 Å². The zero-order valence-corrected chi connectivity index (χ0v) is 24.8. The Morgan fingerprint density at radius 1 is 0.556 bits per heavy atom. The largest absolute Gasteiger partial charge is 0.465 e. The van der Waals surface area contributed by atoms with Gasteiger partial charge in [-0.1, -0.05) is 92.9 Å². The van der Waals surface area contributed by atoms with Crippen LogP contribution in [0.15, 0.2) is 0 Å². The van der Waals surface area contributed by atoms with Gasteiger partial charge < -0.3 is 9.47 Å². The molecule has 4 heteroatoms. The molecule has 0 aromatic carbocycles. The van der Waals surface area contributed by atoms with E-state index in [1.54, 1.807) is 0 Å². The average Bonchev–Trinajstić information content (AvgIpc) is 2.88. The highest BCUT2D eigenvalue weighted by Gasteiger charge is 2.31. The van der Waals surface area contributed by atoms with Crippen LogP contribution in [0.25, 0.3) is 0 Å². The molecule has 0 amide bonds. The maximum absolute atomic E-state index is 12.5. The fourth-order valence-electron chi connectivity index (χ4n) is 5.34. The van der Waals surface area contributed by atoms with Gasteiger partial charge in [-0.15, -0.1) is 0 Å². The Morgan fingerprint density at radius 3 is 1.19 bits per heavy atom. The van der Waals surface area contributed by atoms with Gasteiger partial charge in [0.1, 0.15) is 0 Å². The zero-order valence-electron chi connectivity index (χ0n) is 24.8. The molecule has 36 heavy (non-hydrogen) atoms. The summed E-state index contributed by atoms with van der Waals surface area (Å²) in [6.45, 7) is 14.9. The van der Waals surface area contributed by atoms with E-state index in [2.05, 4.69) is 41.5 Å². The van der Waals surface area contributed by atoms with Crippen molar-refractivity contribution in [1.29, 1.82) is 0 Å². The molecule has 0 aliphatic heterocycles. The van der Waals surface area contributed by atoms with Gasteiger partial charge in [-0.2, -0.15) is 0 Å². The van der Waals surface area contributed by atoms with Crippen LogP contribution in [0.2, 0.25) is 0 Å². The Bertz CT molecular complexity index is 517. The molecule has 1 fully saturated rings. The van der Waals surface area contributed by atoms with Gasteiger partial charge in [-0.05, 0) is 75.0 Å². The molecule has 4 atom stereocenters. The summed E-state index contributed by atoms with van der Waals surface area (Å²) < 4.78 is 11.2. The standard InChI is InChI=1S/C32H60O4/c1-7-25(3)13-9-15-27(5)17-11-23-35-31(33)29-19-21-30(22-20-29)32(34)36-24-12-18-28(6)16-10-14-26(4)8-2/h25-30H,7-24H2,1-6H3. The lowest BCUT2D eigenvalue weighted by Crippen LogP contribution is -2.28. The molecular weight excluding hydrogens is 448 g/mol. The number of esters is 2. The number of carbonyl (C=O) groups is 2. The fourth-order valence-corrected chi connectivity index (χ4v) is 5.34. The Hall–Kier alpha value is -1.06. The third-order valence-electron chi connectivity index (χ3n) is 8.75. The minimum Gasteiger partial charge on any atom is -0.465 e. The van der Waals surface area contributed by atoms with Gasteiger partial charge in [0, 0.05) is 0 Å². The molecule has 1 rings (SSSR count). The summed E-state index contributed by atoms with van der Waals surface area (Å²) in [5, 5.41) is 0. The van der Waals surface area contributed by atoms with Crippen molar-refractivity contribution >= 4 is 11.9 Å². The van der Waals surface area contributed by atoms with E-state index in [0.717, 1.165) is 63.2 Å². The van der Waals surface area contributed by atoms with Gasteiger partial charge in [0.15, 0.2) is 0 Å². The van der Waals surface area contributed by atoms with Crippen LogP contribution in [-0.4, -0.2) is 25.2 Å². The molecule has 4 nitrogen and oxygen atoms in total. The minimum atomic E-state index is -0.0615. The van der Waals surface area contributed by atoms with E-state index in [9.17, 15) is 9.59 Å². The highest BCUT2D eigenvalue weighted by atomic mass is 16.5. The summed E-state index contributed by atoms with van der Waals surface area (Å²) in [6.07, 6.45) is 17.5. The van der Waals surface area contributed by atoms with Crippen molar-refractivity contribution in [1.82, 2.24) is 0 Å². The van der Waals surface area contributed by atoms with Crippen LogP contribution in [0, 0.1) is 35.5 Å². The molecule has 0 radical (unpaired) electrons. The normalized spacial score (nSPS) is 21.4. The second kappa shape index (κ2) is 20.0. The molecule has 0 bridgehead atoms. The van der Waals surface area contributed by atoms with Gasteiger partial charge in [0.05, 0.1) is 25.0 Å². The van der Waals surface area contributed by atoms with Crippen LogP contribution in [0.3, 0.4) is 0 Å². The maximum atomic E-state index is 12.5. The Labute approximate surface area is 224 Å². The summed E-state index contributed by atoms with van der Waals surface area (Å²) in [5.41, 5.74) is 0. The minimum absolute atomic E-state index is 0.0433. The summed E-state index contributed by atoms with van der Waals surface area (Å²) in [5.74, 6) is 2.86. The van der Waals surface area contributed by atoms with Gasteiger partial charge in [0.2, 0.25) is 0 Å². The second-order valence-corrected chi connectivity index (χ2v) is 12.3. The van der Waals surface area contributed by atoms with Gasteiger partial charge in [-0.3, -0.25) is 9.59 Å². The van der Waals surface area contributed by atoms with E-state index in [1.807, 2.05) is 0 Å². The topological polar surface area (TPSA) is 52.6 Å². The van der Waals surface area contributed by atoms with Crippen molar-refractivity contribution in [2.24, 2.45) is 35.5 Å². The average molecular weight is 509 g/mol. The van der Waals surface area contributed by atoms with Crippen molar-refractivity contribution in [2.45, 2.75) is 144 Å². The van der Waals surface area contributed by atoms with E-state index < -0.39 is 0 Å². The molecule has 0 N–H and O–H groups in total. The van der Waals surface area contributed by atoms with E-state index >= 15 is 0 Å². The molecular formula is C32H60O4. The van der Waals surface area contributed by atoms with Crippen LogP contribution >= 0.6 is 0 Å². The molecule has 0 aromatic rings. The van der Waals surface area contributed by atoms with Crippen molar-refractivity contribution < 1.29 is 19.1 Å². The first kappa shape index (κ1) is 33.0. The van der Waals surface area contributed by atoms with Crippen molar-refractivity contribution in [3.63, 3.8) is 0 Å². The lowest BCUT2D eigenvalue weighted by atomic mass is 9.82. The molecule has 212 valence electrons. The van der Waals surface area contributed by atoms with E-state index in [-0.39, 0.29) is 23.8 Å². The Kier molecular flexibility index (Phi) is 18.3. The van der Waals surface area contributed by atoms with Crippen LogP contribution in [0.1, 0.15) is 144 Å². The van der Waals surface area contributed by atoms with Crippen LogP contribution in [0.5, 0.6) is 0 Å². The van der Waals surface area contributed by atoms with Crippen molar-refractivity contribution in [2.75, 3.05) is 13.2 Å². The highest BCUT2D eigenvalue weighted by molar-refractivity contribution is 5.75. The Morgan fingerprint density at radius 2 is 0.861 bits per heavy atom. The van der Waals surface area contributed by atoms with Gasteiger partial charge in [0.25, 0.3) is 0 Å². The number of carbonyl (C=O) groups excluding carboxylic acids is 2. The Balaban J connectivity index is 2.08. The summed E-state index contributed by atoms with van der Waals surface area (Å²) >= 11 is 0. The number of hydrogen-bond acceptors (Lipinski definition) is 4. The second-order valence-electron chi connectivity index (χ2n) is 12.3. The first-order chi connectivity index (χ1) is 17.3. The first-order valence-corrected chi connectivity index (χ1v) is 15.6. The predicted octanol–water partition coefficient (Wildman–Crippen LogP) is 9.14. The lowest BCUT2D eigenvalue weighted by Gasteiger charge is -2.26. The number of rotatable bonds is 20. The van der Waals surface area contributed by atoms with Crippen LogP contribution < -0.4 is 0 Å². The molecule has 0 aromatic heterocycles. The number of hydrogen-bond donors (Lipinski definition) is 0. The maximum Gasteiger partial charge on any atom is 0.308 e. The monoisotopic (exact) mass is 508 g/mol. The van der Waals surface area contributed by atoms with E-state index in [0.29, 0.717) is 25.0 Å². The predicted molar refractivity (Wildman–Crippen MR) is 151 cm³/mol. The molecule has 0 heterocycles. The van der Waals surface area contributed by atoms with Gasteiger partial charge in [-0.25, -0.2) is 0 Å². The molecule has 1 aliphatic rings. The SMILES string of the molecule is CCC(C)CCCC(C)CCCOC(=O)C1CCC(C(=O)OCCCC(C)CCCC(C)CC)CC1. The molecule has 4 unspecified atom stereocenters. The first-order valence-electron chi connectivity index (χ1n) is 15.6. The fraction of sp³-hybridized carbons (Fsp3) is 0.938. The summed E-state index contributed by atoms with van der Waals surface area (Å²) in [4.78, 5) is 24.9. The molecule has 0 spiro atoms. The van der Waals surface area contributed by atoms with Crippen molar-refractivity contribution in [3.8, 4) is 0 Å². The molecule has 0 saturated heterocycles. The molecule has 1 aliphatic carbocycles. The zero-order chi connectivity index (χ0) is 26.8.